The Kier molecular flexibility index (Phi) is 3.68. The van der Waals surface area contributed by atoms with Crippen LogP contribution in [0.5, 0.6) is 5.75 Å². The maximum Gasteiger partial charge on any atom is 0.320 e. The van der Waals surface area contributed by atoms with Gasteiger partial charge in [0.2, 0.25) is 0 Å². The van der Waals surface area contributed by atoms with Gasteiger partial charge in [0.25, 0.3) is 0 Å². The maximum absolute atomic E-state index is 10.6. The maximum atomic E-state index is 10.6. The molecule has 0 aromatic heterocycles. The van der Waals surface area contributed by atoms with E-state index in [0.29, 0.717) is 6.42 Å². The summed E-state index contributed by atoms with van der Waals surface area (Å²) in [5, 5.41) is 8.66. The highest BCUT2D eigenvalue weighted by atomic mass is 16.5. The van der Waals surface area contributed by atoms with Gasteiger partial charge in [-0.2, -0.15) is 0 Å². The minimum Gasteiger partial charge on any atom is -0.496 e. The van der Waals surface area contributed by atoms with E-state index in [2.05, 4.69) is 0 Å². The van der Waals surface area contributed by atoms with Gasteiger partial charge in [-0.05, 0) is 30.5 Å². The highest BCUT2D eigenvalue weighted by Gasteiger charge is 2.12. The number of rotatable bonds is 4. The minimum atomic E-state index is -0.983. The van der Waals surface area contributed by atoms with Gasteiger partial charge < -0.3 is 15.6 Å². The highest BCUT2D eigenvalue weighted by Crippen LogP contribution is 2.19. The summed E-state index contributed by atoms with van der Waals surface area (Å²) in [5.41, 5.74) is 7.32. The fourth-order valence-electron chi connectivity index (χ4n) is 1.41. The molecule has 0 bridgehead atoms. The van der Waals surface area contributed by atoms with Crippen LogP contribution in [0.1, 0.15) is 11.1 Å². The van der Waals surface area contributed by atoms with Crippen molar-refractivity contribution in [1.29, 1.82) is 0 Å². The smallest absolute Gasteiger partial charge is 0.320 e. The van der Waals surface area contributed by atoms with Crippen molar-refractivity contribution < 1.29 is 14.6 Å². The van der Waals surface area contributed by atoms with Crippen LogP contribution in [-0.2, 0) is 11.2 Å². The molecular weight excluding hydrogens is 194 g/mol. The normalized spacial score (nSPS) is 12.2. The number of ether oxygens (including phenoxy) is 1. The minimum absolute atomic E-state index is 0.333. The Morgan fingerprint density at radius 2 is 2.27 bits per heavy atom. The molecule has 1 rings (SSSR count). The molecule has 1 atom stereocenters. The Morgan fingerprint density at radius 3 is 2.73 bits per heavy atom. The number of methoxy groups -OCH3 is 1. The van der Waals surface area contributed by atoms with E-state index in [1.165, 1.54) is 0 Å². The second kappa shape index (κ2) is 4.79. The average molecular weight is 209 g/mol. The third-order valence-electron chi connectivity index (χ3n) is 2.23. The van der Waals surface area contributed by atoms with Gasteiger partial charge in [-0.15, -0.1) is 0 Å². The number of aryl methyl sites for hydroxylation is 1. The molecule has 0 aliphatic rings. The second-order valence-corrected chi connectivity index (χ2v) is 3.45. The monoisotopic (exact) mass is 209 g/mol. The lowest BCUT2D eigenvalue weighted by Gasteiger charge is -2.09. The van der Waals surface area contributed by atoms with Crippen LogP contribution in [-0.4, -0.2) is 24.2 Å². The van der Waals surface area contributed by atoms with E-state index < -0.39 is 12.0 Å². The lowest BCUT2D eigenvalue weighted by atomic mass is 10.0. The Morgan fingerprint density at radius 1 is 1.60 bits per heavy atom. The predicted octanol–water partition coefficient (Wildman–Crippen LogP) is 0.958. The molecule has 0 unspecified atom stereocenters. The van der Waals surface area contributed by atoms with Gasteiger partial charge in [-0.1, -0.05) is 12.1 Å². The molecule has 0 spiro atoms. The Balaban J connectivity index is 2.79. The first-order valence-electron chi connectivity index (χ1n) is 4.66. The molecule has 0 saturated carbocycles. The molecular formula is C11H15NO3. The molecule has 0 saturated heterocycles. The SMILES string of the molecule is COc1ccc(C[C@@H](N)C(=O)O)cc1C. The summed E-state index contributed by atoms with van der Waals surface area (Å²) < 4.78 is 5.10. The van der Waals surface area contributed by atoms with E-state index in [0.717, 1.165) is 16.9 Å². The third kappa shape index (κ3) is 2.95. The summed E-state index contributed by atoms with van der Waals surface area (Å²) in [6.07, 6.45) is 0.333. The van der Waals surface area contributed by atoms with Crippen molar-refractivity contribution in [2.24, 2.45) is 5.73 Å². The van der Waals surface area contributed by atoms with Crippen molar-refractivity contribution in [1.82, 2.24) is 0 Å². The van der Waals surface area contributed by atoms with Crippen LogP contribution in [0.15, 0.2) is 18.2 Å². The van der Waals surface area contributed by atoms with Crippen LogP contribution < -0.4 is 10.5 Å². The van der Waals surface area contributed by atoms with Crippen molar-refractivity contribution in [3.63, 3.8) is 0 Å². The molecule has 3 N–H and O–H groups in total. The topological polar surface area (TPSA) is 72.5 Å². The third-order valence-corrected chi connectivity index (χ3v) is 2.23. The van der Waals surface area contributed by atoms with Gasteiger partial charge in [0, 0.05) is 0 Å². The first-order chi connectivity index (χ1) is 7.04. The zero-order valence-corrected chi connectivity index (χ0v) is 8.86. The predicted molar refractivity (Wildman–Crippen MR) is 57.0 cm³/mol. The van der Waals surface area contributed by atoms with Crippen molar-refractivity contribution in [2.45, 2.75) is 19.4 Å². The van der Waals surface area contributed by atoms with Crippen molar-refractivity contribution >= 4 is 5.97 Å². The van der Waals surface area contributed by atoms with Crippen LogP contribution >= 0.6 is 0 Å². The van der Waals surface area contributed by atoms with Gasteiger partial charge in [-0.3, -0.25) is 4.79 Å². The zero-order valence-electron chi connectivity index (χ0n) is 8.86. The molecule has 0 aliphatic heterocycles. The van der Waals surface area contributed by atoms with Crippen LogP contribution in [0.4, 0.5) is 0 Å². The molecule has 0 heterocycles. The summed E-state index contributed by atoms with van der Waals surface area (Å²) in [4.78, 5) is 10.6. The summed E-state index contributed by atoms with van der Waals surface area (Å²) in [7, 11) is 1.60. The molecule has 4 nitrogen and oxygen atoms in total. The molecule has 15 heavy (non-hydrogen) atoms. The first-order valence-corrected chi connectivity index (χ1v) is 4.66. The fraction of sp³-hybridized carbons (Fsp3) is 0.364. The summed E-state index contributed by atoms with van der Waals surface area (Å²) in [6.45, 7) is 1.91. The number of aliphatic carboxylic acids is 1. The molecule has 1 aromatic rings. The van der Waals surface area contributed by atoms with Gasteiger partial charge in [0.15, 0.2) is 0 Å². The molecule has 82 valence electrons. The van der Waals surface area contributed by atoms with Gasteiger partial charge in [0.1, 0.15) is 11.8 Å². The number of nitrogens with two attached hydrogens (primary N) is 1. The Hall–Kier alpha value is -1.55. The van der Waals surface area contributed by atoms with Gasteiger partial charge >= 0.3 is 5.97 Å². The van der Waals surface area contributed by atoms with E-state index in [4.69, 9.17) is 15.6 Å². The summed E-state index contributed by atoms with van der Waals surface area (Å²) in [5.74, 6) is -0.189. The largest absolute Gasteiger partial charge is 0.496 e. The van der Waals surface area contributed by atoms with Crippen molar-refractivity contribution in [3.05, 3.63) is 29.3 Å². The summed E-state index contributed by atoms with van der Waals surface area (Å²) >= 11 is 0. The Bertz CT molecular complexity index is 363. The number of carboxylic acid groups (broad SMARTS) is 1. The fourth-order valence-corrected chi connectivity index (χ4v) is 1.41. The van der Waals surface area contributed by atoms with E-state index in [1.54, 1.807) is 7.11 Å². The first kappa shape index (κ1) is 11.5. The molecule has 0 fully saturated rings. The van der Waals surface area contributed by atoms with E-state index in [9.17, 15) is 4.79 Å². The quantitative estimate of drug-likeness (QED) is 0.774. The number of carbonyl (C=O) groups is 1. The van der Waals surface area contributed by atoms with Crippen LogP contribution in [0, 0.1) is 6.92 Å². The van der Waals surface area contributed by atoms with E-state index in [1.807, 2.05) is 25.1 Å². The van der Waals surface area contributed by atoms with E-state index in [-0.39, 0.29) is 0 Å². The van der Waals surface area contributed by atoms with Crippen molar-refractivity contribution in [3.8, 4) is 5.75 Å². The molecule has 0 amide bonds. The van der Waals surface area contributed by atoms with Crippen LogP contribution in [0.25, 0.3) is 0 Å². The molecule has 0 aliphatic carbocycles. The summed E-state index contributed by atoms with van der Waals surface area (Å²) in [6, 6.07) is 4.69. The van der Waals surface area contributed by atoms with Crippen molar-refractivity contribution in [2.75, 3.05) is 7.11 Å². The highest BCUT2D eigenvalue weighted by molar-refractivity contribution is 5.73. The number of carboxylic acids is 1. The van der Waals surface area contributed by atoms with E-state index >= 15 is 0 Å². The Labute approximate surface area is 88.7 Å². The average Bonchev–Trinajstić information content (AvgIpc) is 2.18. The number of hydrogen-bond acceptors (Lipinski definition) is 3. The lowest BCUT2D eigenvalue weighted by Crippen LogP contribution is -2.32. The molecule has 4 heteroatoms. The molecule has 0 radical (unpaired) electrons. The van der Waals surface area contributed by atoms with Gasteiger partial charge in [0.05, 0.1) is 7.11 Å². The van der Waals surface area contributed by atoms with Gasteiger partial charge in [-0.25, -0.2) is 0 Å². The van der Waals surface area contributed by atoms with Crippen LogP contribution in [0.3, 0.4) is 0 Å². The lowest BCUT2D eigenvalue weighted by molar-refractivity contribution is -0.138. The number of benzene rings is 1. The zero-order chi connectivity index (χ0) is 11.4. The number of hydrogen-bond donors (Lipinski definition) is 2. The second-order valence-electron chi connectivity index (χ2n) is 3.45. The molecule has 1 aromatic carbocycles. The standard InChI is InChI=1S/C11H15NO3/c1-7-5-8(3-4-10(7)15-2)6-9(12)11(13)14/h3-5,9H,6,12H2,1-2H3,(H,13,14)/t9-/m1/s1. The van der Waals surface area contributed by atoms with Crippen LogP contribution in [0.2, 0.25) is 0 Å².